The van der Waals surface area contributed by atoms with Crippen LogP contribution >= 0.6 is 11.6 Å². The van der Waals surface area contributed by atoms with E-state index in [9.17, 15) is 4.79 Å². The van der Waals surface area contributed by atoms with E-state index in [1.54, 1.807) is 6.07 Å². The molecular formula is C11H8ClNO3. The minimum absolute atomic E-state index is 0.130. The molecule has 2 aromatic rings. The van der Waals surface area contributed by atoms with E-state index >= 15 is 0 Å². The summed E-state index contributed by atoms with van der Waals surface area (Å²) in [6.45, 7) is 1.87. The summed E-state index contributed by atoms with van der Waals surface area (Å²) in [4.78, 5) is 10.7. The van der Waals surface area contributed by atoms with E-state index in [0.717, 1.165) is 5.56 Å². The molecule has 0 bridgehead atoms. The first-order chi connectivity index (χ1) is 7.59. The number of carboxylic acid groups (broad SMARTS) is 1. The molecule has 0 unspecified atom stereocenters. The second kappa shape index (κ2) is 3.98. The molecule has 0 aliphatic rings. The molecule has 0 saturated heterocycles. The van der Waals surface area contributed by atoms with Crippen molar-refractivity contribution in [3.8, 4) is 11.3 Å². The maximum Gasteiger partial charge on any atom is 0.358 e. The summed E-state index contributed by atoms with van der Waals surface area (Å²) in [6, 6.07) is 6.75. The van der Waals surface area contributed by atoms with Gasteiger partial charge >= 0.3 is 5.97 Å². The second-order valence-corrected chi connectivity index (χ2v) is 3.72. The van der Waals surface area contributed by atoms with Gasteiger partial charge in [0.1, 0.15) is 0 Å². The largest absolute Gasteiger partial charge is 0.476 e. The van der Waals surface area contributed by atoms with Gasteiger partial charge in [0, 0.05) is 11.6 Å². The van der Waals surface area contributed by atoms with Crippen molar-refractivity contribution in [3.63, 3.8) is 0 Å². The Kier molecular flexibility index (Phi) is 2.66. The van der Waals surface area contributed by atoms with Crippen LogP contribution in [0.2, 0.25) is 5.02 Å². The van der Waals surface area contributed by atoms with Gasteiger partial charge in [-0.1, -0.05) is 28.9 Å². The van der Waals surface area contributed by atoms with Crippen molar-refractivity contribution >= 4 is 17.6 Å². The average molecular weight is 238 g/mol. The molecule has 4 nitrogen and oxygen atoms in total. The maximum absolute atomic E-state index is 10.7. The molecule has 0 aliphatic heterocycles. The van der Waals surface area contributed by atoms with E-state index in [0.29, 0.717) is 16.3 Å². The lowest BCUT2D eigenvalue weighted by Crippen LogP contribution is -1.94. The van der Waals surface area contributed by atoms with Gasteiger partial charge in [-0.05, 0) is 18.6 Å². The second-order valence-electron chi connectivity index (χ2n) is 3.31. The molecule has 0 spiro atoms. The summed E-state index contributed by atoms with van der Waals surface area (Å²) in [5.41, 5.74) is 1.44. The summed E-state index contributed by atoms with van der Waals surface area (Å²) in [5.74, 6) is -0.764. The molecule has 0 saturated carbocycles. The van der Waals surface area contributed by atoms with Crippen molar-refractivity contribution in [3.05, 3.63) is 40.5 Å². The number of aromatic carboxylic acids is 1. The van der Waals surface area contributed by atoms with Gasteiger partial charge in [-0.25, -0.2) is 4.79 Å². The summed E-state index contributed by atoms with van der Waals surface area (Å²) >= 11 is 6.02. The zero-order chi connectivity index (χ0) is 11.7. The molecule has 82 valence electrons. The lowest BCUT2D eigenvalue weighted by atomic mass is 10.1. The van der Waals surface area contributed by atoms with E-state index < -0.39 is 5.97 Å². The quantitative estimate of drug-likeness (QED) is 0.872. The van der Waals surface area contributed by atoms with Crippen molar-refractivity contribution < 1.29 is 14.4 Å². The van der Waals surface area contributed by atoms with Gasteiger partial charge in [-0.2, -0.15) is 0 Å². The third-order valence-electron chi connectivity index (χ3n) is 2.20. The number of carbonyl (C=O) groups is 1. The third kappa shape index (κ3) is 1.79. The van der Waals surface area contributed by atoms with E-state index in [4.69, 9.17) is 21.2 Å². The Morgan fingerprint density at radius 3 is 2.81 bits per heavy atom. The van der Waals surface area contributed by atoms with Crippen molar-refractivity contribution in [1.29, 1.82) is 0 Å². The van der Waals surface area contributed by atoms with Crippen molar-refractivity contribution in [2.24, 2.45) is 0 Å². The molecule has 0 atom stereocenters. The minimum atomic E-state index is -1.13. The predicted molar refractivity (Wildman–Crippen MR) is 58.6 cm³/mol. The number of rotatable bonds is 2. The number of benzene rings is 1. The highest BCUT2D eigenvalue weighted by Crippen LogP contribution is 2.31. The molecule has 16 heavy (non-hydrogen) atoms. The van der Waals surface area contributed by atoms with Crippen molar-refractivity contribution in [2.45, 2.75) is 6.92 Å². The summed E-state index contributed by atoms with van der Waals surface area (Å²) in [6.07, 6.45) is 0. The van der Waals surface area contributed by atoms with Crippen LogP contribution in [0.5, 0.6) is 0 Å². The third-order valence-corrected chi connectivity index (χ3v) is 2.51. The van der Waals surface area contributed by atoms with E-state index in [1.807, 2.05) is 19.1 Å². The van der Waals surface area contributed by atoms with Crippen LogP contribution in [-0.4, -0.2) is 16.2 Å². The van der Waals surface area contributed by atoms with Crippen LogP contribution in [0.3, 0.4) is 0 Å². The average Bonchev–Trinajstić information content (AvgIpc) is 2.66. The summed E-state index contributed by atoms with van der Waals surface area (Å²) in [5, 5.41) is 12.7. The van der Waals surface area contributed by atoms with Gasteiger partial charge in [-0.15, -0.1) is 0 Å². The van der Waals surface area contributed by atoms with E-state index in [2.05, 4.69) is 5.16 Å². The Balaban J connectivity index is 2.54. The lowest BCUT2D eigenvalue weighted by molar-refractivity contribution is 0.0686. The molecule has 0 aliphatic carbocycles. The number of carboxylic acids is 1. The highest BCUT2D eigenvalue weighted by Gasteiger charge is 2.15. The van der Waals surface area contributed by atoms with Crippen LogP contribution in [0.25, 0.3) is 11.3 Å². The van der Waals surface area contributed by atoms with Crippen molar-refractivity contribution in [1.82, 2.24) is 5.16 Å². The first-order valence-electron chi connectivity index (χ1n) is 4.55. The SMILES string of the molecule is Cc1cccc(Cl)c1-c1cc(C(=O)O)no1. The number of aromatic nitrogens is 1. The topological polar surface area (TPSA) is 63.3 Å². The fourth-order valence-corrected chi connectivity index (χ4v) is 1.75. The Labute approximate surface area is 96.4 Å². The van der Waals surface area contributed by atoms with E-state index in [-0.39, 0.29) is 5.69 Å². The number of halogens is 1. The molecule has 0 amide bonds. The highest BCUT2D eigenvalue weighted by molar-refractivity contribution is 6.33. The van der Waals surface area contributed by atoms with Gasteiger partial charge in [0.2, 0.25) is 0 Å². The zero-order valence-corrected chi connectivity index (χ0v) is 9.15. The Bertz CT molecular complexity index is 528. The Morgan fingerprint density at radius 2 is 2.25 bits per heavy atom. The maximum atomic E-state index is 10.7. The standard InChI is InChI=1S/C11H8ClNO3/c1-6-3-2-4-7(12)10(6)9-5-8(11(14)15)13-16-9/h2-5H,1H3,(H,14,15). The minimum Gasteiger partial charge on any atom is -0.476 e. The van der Waals surface area contributed by atoms with Gasteiger partial charge in [0.15, 0.2) is 11.5 Å². The zero-order valence-electron chi connectivity index (χ0n) is 8.40. The molecule has 0 radical (unpaired) electrons. The van der Waals surface area contributed by atoms with Crippen LogP contribution < -0.4 is 0 Å². The number of nitrogens with zero attached hydrogens (tertiary/aromatic N) is 1. The first kappa shape index (κ1) is 10.7. The van der Waals surface area contributed by atoms with Gasteiger partial charge in [-0.3, -0.25) is 0 Å². The molecule has 0 fully saturated rings. The lowest BCUT2D eigenvalue weighted by Gasteiger charge is -2.02. The van der Waals surface area contributed by atoms with Crippen molar-refractivity contribution in [2.75, 3.05) is 0 Å². The van der Waals surface area contributed by atoms with Crippen LogP contribution in [0.1, 0.15) is 16.1 Å². The smallest absolute Gasteiger partial charge is 0.358 e. The molecule has 1 heterocycles. The van der Waals surface area contributed by atoms with Gasteiger partial charge < -0.3 is 9.63 Å². The fraction of sp³-hybridized carbons (Fsp3) is 0.0909. The molecule has 2 rings (SSSR count). The fourth-order valence-electron chi connectivity index (χ4n) is 1.44. The number of hydrogen-bond donors (Lipinski definition) is 1. The highest BCUT2D eigenvalue weighted by atomic mass is 35.5. The predicted octanol–water partition coefficient (Wildman–Crippen LogP) is 3.00. The van der Waals surface area contributed by atoms with Crippen LogP contribution in [-0.2, 0) is 0 Å². The molecule has 1 N–H and O–H groups in total. The number of aryl methyl sites for hydroxylation is 1. The van der Waals surface area contributed by atoms with Gasteiger partial charge in [0.05, 0.1) is 5.02 Å². The molecular weight excluding hydrogens is 230 g/mol. The van der Waals surface area contributed by atoms with E-state index in [1.165, 1.54) is 6.07 Å². The first-order valence-corrected chi connectivity index (χ1v) is 4.93. The molecule has 1 aromatic heterocycles. The molecule has 5 heteroatoms. The van der Waals surface area contributed by atoms with Gasteiger partial charge in [0.25, 0.3) is 0 Å². The molecule has 1 aromatic carbocycles. The summed E-state index contributed by atoms with van der Waals surface area (Å²) < 4.78 is 4.96. The Morgan fingerprint density at radius 1 is 1.50 bits per heavy atom. The van der Waals surface area contributed by atoms with Crippen LogP contribution in [0.4, 0.5) is 0 Å². The Hall–Kier alpha value is -1.81. The van der Waals surface area contributed by atoms with Crippen LogP contribution in [0, 0.1) is 6.92 Å². The summed E-state index contributed by atoms with van der Waals surface area (Å²) in [7, 11) is 0. The van der Waals surface area contributed by atoms with Crippen LogP contribution in [0.15, 0.2) is 28.8 Å². The number of hydrogen-bond acceptors (Lipinski definition) is 3. The normalized spacial score (nSPS) is 10.4. The monoisotopic (exact) mass is 237 g/mol.